The lowest BCUT2D eigenvalue weighted by molar-refractivity contribution is -0.00345. The molecule has 138 valence electrons. The topological polar surface area (TPSA) is 37.4 Å². The van der Waals surface area contributed by atoms with E-state index >= 15 is 0 Å². The predicted molar refractivity (Wildman–Crippen MR) is 104 cm³/mol. The van der Waals surface area contributed by atoms with E-state index in [-0.39, 0.29) is 5.60 Å². The molecule has 0 bridgehead atoms. The zero-order chi connectivity index (χ0) is 18.0. The minimum absolute atomic E-state index is 0.0796. The van der Waals surface area contributed by atoms with Crippen molar-refractivity contribution < 1.29 is 4.74 Å². The largest absolute Gasteiger partial charge is 0.486 e. The average molecular weight is 351 g/mol. The number of pyridine rings is 1. The maximum atomic E-state index is 6.68. The molecule has 1 aliphatic heterocycles. The third-order valence-corrected chi connectivity index (χ3v) is 5.84. The minimum Gasteiger partial charge on any atom is -0.486 e. The summed E-state index contributed by atoms with van der Waals surface area (Å²) in [6.07, 6.45) is 4.56. The van der Waals surface area contributed by atoms with E-state index in [9.17, 15) is 0 Å². The molecule has 0 saturated heterocycles. The summed E-state index contributed by atoms with van der Waals surface area (Å²) < 4.78 is 6.68. The lowest BCUT2D eigenvalue weighted by Crippen LogP contribution is -2.50. The van der Waals surface area contributed by atoms with Crippen molar-refractivity contribution in [2.75, 3.05) is 13.6 Å². The molecule has 26 heavy (non-hydrogen) atoms. The summed E-state index contributed by atoms with van der Waals surface area (Å²) in [5.74, 6) is 1.06. The molecule has 1 saturated carbocycles. The molecule has 1 aromatic heterocycles. The molecule has 4 nitrogen and oxygen atoms in total. The van der Waals surface area contributed by atoms with Crippen molar-refractivity contribution in [3.63, 3.8) is 0 Å². The third-order valence-electron chi connectivity index (χ3n) is 5.84. The SMILES string of the molecule is CNC1CCC2(CC1)CN(Cc1cccc(C)n1)Cc1ccccc1O2. The summed E-state index contributed by atoms with van der Waals surface area (Å²) in [4.78, 5) is 7.24. The lowest BCUT2D eigenvalue weighted by Gasteiger charge is -2.41. The van der Waals surface area contributed by atoms with Crippen LogP contribution in [0.25, 0.3) is 0 Å². The van der Waals surface area contributed by atoms with Crippen LogP contribution < -0.4 is 10.1 Å². The Balaban J connectivity index is 1.60. The van der Waals surface area contributed by atoms with Crippen LogP contribution >= 0.6 is 0 Å². The van der Waals surface area contributed by atoms with E-state index < -0.39 is 0 Å². The number of nitrogens with zero attached hydrogens (tertiary/aromatic N) is 2. The zero-order valence-electron chi connectivity index (χ0n) is 15.9. The predicted octanol–water partition coefficient (Wildman–Crippen LogP) is 3.69. The van der Waals surface area contributed by atoms with Gasteiger partial charge in [-0.25, -0.2) is 0 Å². The Hall–Kier alpha value is -1.91. The fourth-order valence-corrected chi connectivity index (χ4v) is 4.43. The summed E-state index contributed by atoms with van der Waals surface area (Å²) in [5, 5.41) is 3.44. The Labute approximate surface area is 156 Å². The molecule has 1 spiro atoms. The fraction of sp³-hybridized carbons (Fsp3) is 0.500. The normalized spacial score (nSPS) is 26.2. The van der Waals surface area contributed by atoms with Crippen molar-refractivity contribution in [2.24, 2.45) is 0 Å². The molecule has 2 heterocycles. The summed E-state index contributed by atoms with van der Waals surface area (Å²) in [5.41, 5.74) is 3.43. The van der Waals surface area contributed by atoms with Crippen molar-refractivity contribution in [3.05, 3.63) is 59.4 Å². The standard InChI is InChI=1S/C22H29N3O/c1-17-6-5-8-20(24-17)15-25-14-18-7-3-4-9-21(18)26-22(16-25)12-10-19(23-2)11-13-22/h3-9,19,23H,10-16H2,1-2H3. The number of rotatable bonds is 3. The quantitative estimate of drug-likeness (QED) is 0.915. The average Bonchev–Trinajstić information content (AvgIpc) is 2.78. The van der Waals surface area contributed by atoms with E-state index in [1.54, 1.807) is 0 Å². The molecule has 1 N–H and O–H groups in total. The highest BCUT2D eigenvalue weighted by molar-refractivity contribution is 5.35. The summed E-state index contributed by atoms with van der Waals surface area (Å²) in [7, 11) is 2.07. The highest BCUT2D eigenvalue weighted by atomic mass is 16.5. The van der Waals surface area contributed by atoms with Crippen LogP contribution in [0, 0.1) is 6.92 Å². The molecule has 2 aromatic rings. The number of nitrogens with one attached hydrogen (secondary N) is 1. The minimum atomic E-state index is -0.0796. The molecule has 0 unspecified atom stereocenters. The number of hydrogen-bond donors (Lipinski definition) is 1. The summed E-state index contributed by atoms with van der Waals surface area (Å²) >= 11 is 0. The van der Waals surface area contributed by atoms with Crippen molar-refractivity contribution in [2.45, 2.75) is 57.3 Å². The molecule has 2 aliphatic rings. The first-order valence-corrected chi connectivity index (χ1v) is 9.75. The van der Waals surface area contributed by atoms with Crippen LogP contribution in [0.1, 0.15) is 42.6 Å². The van der Waals surface area contributed by atoms with Gasteiger partial charge in [-0.15, -0.1) is 0 Å². The molecule has 1 aromatic carbocycles. The van der Waals surface area contributed by atoms with Gasteiger partial charge in [0.15, 0.2) is 0 Å². The number of hydrogen-bond acceptors (Lipinski definition) is 4. The number of ether oxygens (including phenoxy) is 1. The Kier molecular flexibility index (Phi) is 4.96. The molecule has 0 atom stereocenters. The Morgan fingerprint density at radius 2 is 1.96 bits per heavy atom. The van der Waals surface area contributed by atoms with Crippen LogP contribution in [0.15, 0.2) is 42.5 Å². The Morgan fingerprint density at radius 3 is 2.73 bits per heavy atom. The van der Waals surface area contributed by atoms with Crippen LogP contribution in [-0.4, -0.2) is 35.1 Å². The van der Waals surface area contributed by atoms with Gasteiger partial charge in [0, 0.05) is 36.9 Å². The molecule has 4 heteroatoms. The molecule has 0 radical (unpaired) electrons. The number of aromatic nitrogens is 1. The fourth-order valence-electron chi connectivity index (χ4n) is 4.43. The Morgan fingerprint density at radius 1 is 1.15 bits per heavy atom. The van der Waals surface area contributed by atoms with Gasteiger partial charge in [0.1, 0.15) is 11.4 Å². The number of benzene rings is 1. The van der Waals surface area contributed by atoms with Crippen LogP contribution in [0.3, 0.4) is 0 Å². The maximum absolute atomic E-state index is 6.68. The van der Waals surface area contributed by atoms with Gasteiger partial charge in [-0.05, 0) is 57.9 Å². The lowest BCUT2D eigenvalue weighted by atomic mass is 9.81. The first kappa shape index (κ1) is 17.5. The van der Waals surface area contributed by atoms with Gasteiger partial charge < -0.3 is 10.1 Å². The van der Waals surface area contributed by atoms with Crippen molar-refractivity contribution >= 4 is 0 Å². The van der Waals surface area contributed by atoms with E-state index in [1.165, 1.54) is 18.4 Å². The number of fused-ring (bicyclic) bond motifs is 1. The Bertz CT molecular complexity index is 753. The van der Waals surface area contributed by atoms with E-state index in [0.29, 0.717) is 6.04 Å². The van der Waals surface area contributed by atoms with E-state index in [2.05, 4.69) is 66.7 Å². The first-order chi connectivity index (χ1) is 12.7. The van der Waals surface area contributed by atoms with E-state index in [4.69, 9.17) is 9.72 Å². The van der Waals surface area contributed by atoms with Gasteiger partial charge in [0.2, 0.25) is 0 Å². The second kappa shape index (κ2) is 7.37. The molecule has 1 fully saturated rings. The van der Waals surface area contributed by atoms with Gasteiger partial charge in [-0.1, -0.05) is 24.3 Å². The molecule has 1 aliphatic carbocycles. The molecule has 4 rings (SSSR count). The highest BCUT2D eigenvalue weighted by Gasteiger charge is 2.40. The molecular weight excluding hydrogens is 322 g/mol. The smallest absolute Gasteiger partial charge is 0.124 e. The van der Waals surface area contributed by atoms with Crippen molar-refractivity contribution in [1.82, 2.24) is 15.2 Å². The van der Waals surface area contributed by atoms with Gasteiger partial charge in [0.25, 0.3) is 0 Å². The second-order valence-corrected chi connectivity index (χ2v) is 7.87. The van der Waals surface area contributed by atoms with E-state index in [0.717, 1.165) is 49.6 Å². The van der Waals surface area contributed by atoms with Crippen LogP contribution in [0.2, 0.25) is 0 Å². The van der Waals surface area contributed by atoms with Gasteiger partial charge in [-0.2, -0.15) is 0 Å². The molecular formula is C22H29N3O. The van der Waals surface area contributed by atoms with Crippen molar-refractivity contribution in [1.29, 1.82) is 0 Å². The van der Waals surface area contributed by atoms with Crippen LogP contribution in [0.5, 0.6) is 5.75 Å². The number of aryl methyl sites for hydroxylation is 1. The third kappa shape index (κ3) is 3.76. The highest BCUT2D eigenvalue weighted by Crippen LogP contribution is 2.38. The maximum Gasteiger partial charge on any atom is 0.124 e. The van der Waals surface area contributed by atoms with Crippen LogP contribution in [-0.2, 0) is 13.1 Å². The monoisotopic (exact) mass is 351 g/mol. The molecule has 0 amide bonds. The first-order valence-electron chi connectivity index (χ1n) is 9.75. The van der Waals surface area contributed by atoms with Crippen molar-refractivity contribution in [3.8, 4) is 5.75 Å². The van der Waals surface area contributed by atoms with Gasteiger partial charge >= 0.3 is 0 Å². The summed E-state index contributed by atoms with van der Waals surface area (Å²) in [6.45, 7) is 4.82. The number of para-hydroxylation sites is 1. The van der Waals surface area contributed by atoms with Gasteiger partial charge in [-0.3, -0.25) is 9.88 Å². The van der Waals surface area contributed by atoms with Gasteiger partial charge in [0.05, 0.1) is 5.69 Å². The second-order valence-electron chi connectivity index (χ2n) is 7.87. The zero-order valence-corrected chi connectivity index (χ0v) is 15.9. The van der Waals surface area contributed by atoms with Crippen LogP contribution in [0.4, 0.5) is 0 Å². The summed E-state index contributed by atoms with van der Waals surface area (Å²) in [6, 6.07) is 15.5. The van der Waals surface area contributed by atoms with E-state index in [1.807, 2.05) is 0 Å².